The molecule has 0 saturated carbocycles. The van der Waals surface area contributed by atoms with Crippen molar-refractivity contribution in [1.82, 2.24) is 9.46 Å². The molecule has 1 unspecified atom stereocenters. The molecule has 7 rings (SSSR count). The maximum absolute atomic E-state index is 11.2. The molecule has 0 bridgehead atoms. The number of nitrogens with zero attached hydrogens (tertiary/aromatic N) is 2. The average molecular weight is 776 g/mol. The molecular formula is C36H32N3O11P3. The molecule has 1 atom stereocenters. The van der Waals surface area contributed by atoms with Crippen LogP contribution in [0.4, 0.5) is 0 Å². The molecular weight excluding hydrogens is 743 g/mol. The van der Waals surface area contributed by atoms with Crippen molar-refractivity contribution < 1.29 is 53.0 Å². The zero-order chi connectivity index (χ0) is 36.9. The maximum atomic E-state index is 11.2. The number of hydrogen-bond acceptors (Lipinski definition) is 14. The summed E-state index contributed by atoms with van der Waals surface area (Å²) in [5.41, 5.74) is 0. The number of para-hydroxylation sites is 11. The van der Waals surface area contributed by atoms with Crippen molar-refractivity contribution in [3.05, 3.63) is 152 Å². The number of hydrogen-bond donors (Lipinski definition) is 6. The molecule has 6 N–H and O–H groups in total. The Hall–Kier alpha value is -5.87. The number of benzene rings is 6. The molecule has 1 aliphatic heterocycles. The summed E-state index contributed by atoms with van der Waals surface area (Å²) in [4.78, 5) is 9.84. The van der Waals surface area contributed by atoms with Crippen molar-refractivity contribution in [2.24, 2.45) is 4.52 Å². The molecule has 0 radical (unpaired) electrons. The van der Waals surface area contributed by atoms with E-state index in [9.17, 15) is 25.5 Å². The van der Waals surface area contributed by atoms with Gasteiger partial charge in [-0.3, -0.25) is 0 Å². The van der Waals surface area contributed by atoms with E-state index in [1.807, 2.05) is 0 Å². The summed E-state index contributed by atoms with van der Waals surface area (Å²) in [6.45, 7) is 0. The first-order valence-electron chi connectivity index (χ1n) is 15.8. The van der Waals surface area contributed by atoms with Crippen LogP contribution in [-0.2, 0) is 0 Å². The Morgan fingerprint density at radius 1 is 0.472 bits per heavy atom. The van der Waals surface area contributed by atoms with Crippen LogP contribution >= 0.6 is 24.1 Å². The van der Waals surface area contributed by atoms with E-state index in [4.69, 9.17) is 32.0 Å². The van der Waals surface area contributed by atoms with Gasteiger partial charge in [0.05, 0.1) is 0 Å². The van der Waals surface area contributed by atoms with E-state index < -0.39 is 24.1 Å². The van der Waals surface area contributed by atoms with Crippen LogP contribution in [0.1, 0.15) is 0 Å². The van der Waals surface area contributed by atoms with Gasteiger partial charge in [-0.2, -0.15) is 0 Å². The molecule has 14 nitrogen and oxygen atoms in total. The monoisotopic (exact) mass is 775 g/mol. The molecule has 272 valence electrons. The summed E-state index contributed by atoms with van der Waals surface area (Å²) in [7, 11) is -11.3. The third kappa shape index (κ3) is 7.15. The Bertz CT molecular complexity index is 2130. The zero-order valence-electron chi connectivity index (χ0n) is 27.4. The van der Waals surface area contributed by atoms with E-state index in [0.29, 0.717) is 0 Å². The minimum absolute atomic E-state index is 0.127. The molecule has 0 aliphatic carbocycles. The van der Waals surface area contributed by atoms with Crippen LogP contribution in [-0.4, -0.2) is 30.1 Å². The fraction of sp³-hybridized carbons (Fsp3) is 0. The van der Waals surface area contributed by atoms with Crippen molar-refractivity contribution in [3.63, 3.8) is 0 Å². The normalized spacial score (nSPS) is 16.9. The van der Waals surface area contributed by atoms with Crippen molar-refractivity contribution in [3.8, 4) is 63.2 Å². The van der Waals surface area contributed by atoms with Gasteiger partial charge < -0.3 is 0 Å². The van der Waals surface area contributed by atoms with Gasteiger partial charge in [0.1, 0.15) is 0 Å². The Balaban J connectivity index is 1.61. The Morgan fingerprint density at radius 2 is 0.811 bits per heavy atom. The van der Waals surface area contributed by atoms with Crippen LogP contribution in [0.3, 0.4) is 0 Å². The molecule has 6 aromatic carbocycles. The van der Waals surface area contributed by atoms with Crippen molar-refractivity contribution >= 4 is 24.1 Å². The number of phenolic OH excluding ortho intramolecular Hbond substituents is 5. The Kier molecular flexibility index (Phi) is 9.81. The molecule has 53 heavy (non-hydrogen) atoms. The van der Waals surface area contributed by atoms with Crippen LogP contribution in [0.25, 0.3) is 0 Å². The molecule has 6 aromatic rings. The van der Waals surface area contributed by atoms with Crippen molar-refractivity contribution in [1.29, 1.82) is 0 Å². The molecule has 0 saturated heterocycles. The van der Waals surface area contributed by atoms with Gasteiger partial charge in [-0.1, -0.05) is 0 Å². The molecule has 0 amide bonds. The third-order valence-electron chi connectivity index (χ3n) is 7.39. The van der Waals surface area contributed by atoms with Crippen LogP contribution in [0.15, 0.2) is 156 Å². The summed E-state index contributed by atoms with van der Waals surface area (Å²) in [5, 5.41) is 55.8. The summed E-state index contributed by atoms with van der Waals surface area (Å²) in [6, 6.07) is 38.2. The van der Waals surface area contributed by atoms with Gasteiger partial charge in [-0.05, 0) is 0 Å². The minimum atomic E-state index is -5.95. The zero-order valence-corrected chi connectivity index (χ0v) is 30.2. The second-order valence-electron chi connectivity index (χ2n) is 11.1. The fourth-order valence-corrected chi connectivity index (χ4v) is 14.4. The average Bonchev–Trinajstić information content (AvgIpc) is 3.16. The van der Waals surface area contributed by atoms with Crippen molar-refractivity contribution in [2.45, 2.75) is 0 Å². The van der Waals surface area contributed by atoms with E-state index in [0.717, 1.165) is 4.60 Å². The second kappa shape index (κ2) is 14.6. The number of rotatable bonds is 12. The SMILES string of the molecule is Oc1ccccc1OP1(Oc2ccccc2O)=NPNP(Oc2ccccc2O)(Oc2ccccc2O)(Oc2ccccc2O)N1Oc1ccccc1. The Labute approximate surface area is 305 Å². The van der Waals surface area contributed by atoms with E-state index >= 15 is 0 Å². The Morgan fingerprint density at radius 3 is 1.19 bits per heavy atom. The van der Waals surface area contributed by atoms with Crippen LogP contribution in [0.2, 0.25) is 0 Å². The summed E-state index contributed by atoms with van der Waals surface area (Å²) >= 11 is 0. The molecule has 17 heteroatoms. The van der Waals surface area contributed by atoms with Crippen LogP contribution in [0, 0.1) is 0 Å². The van der Waals surface area contributed by atoms with Gasteiger partial charge >= 0.3 is 306 Å². The van der Waals surface area contributed by atoms with Gasteiger partial charge in [0.25, 0.3) is 0 Å². The first-order chi connectivity index (χ1) is 25.7. The van der Waals surface area contributed by atoms with Crippen LogP contribution in [0.5, 0.6) is 63.2 Å². The van der Waals surface area contributed by atoms with E-state index in [1.54, 1.807) is 91.0 Å². The van der Waals surface area contributed by atoms with Gasteiger partial charge in [0, 0.05) is 0 Å². The predicted octanol–water partition coefficient (Wildman–Crippen LogP) is 9.39. The van der Waals surface area contributed by atoms with Gasteiger partial charge in [0.15, 0.2) is 0 Å². The predicted molar refractivity (Wildman–Crippen MR) is 200 cm³/mol. The van der Waals surface area contributed by atoms with E-state index in [1.165, 1.54) is 60.7 Å². The first-order valence-corrected chi connectivity index (χ1v) is 20.2. The van der Waals surface area contributed by atoms with Gasteiger partial charge in [-0.25, -0.2) is 0 Å². The summed E-state index contributed by atoms with van der Waals surface area (Å²) in [5.74, 6) is -2.45. The summed E-state index contributed by atoms with van der Waals surface area (Å²) in [6.07, 6.45) is 0. The van der Waals surface area contributed by atoms with Gasteiger partial charge in [0.2, 0.25) is 0 Å². The topological polar surface area (TPSA) is 184 Å². The second-order valence-corrected chi connectivity index (χ2v) is 17.6. The van der Waals surface area contributed by atoms with E-state index in [2.05, 4.69) is 4.86 Å². The molecule has 0 fully saturated rings. The van der Waals surface area contributed by atoms with Gasteiger partial charge in [-0.15, -0.1) is 0 Å². The number of phenols is 5. The van der Waals surface area contributed by atoms with E-state index in [-0.39, 0.29) is 63.2 Å². The third-order valence-corrected chi connectivity index (χ3v) is 15.9. The molecule has 1 heterocycles. The number of nitrogens with one attached hydrogen (secondary N) is 1. The first kappa shape index (κ1) is 35.5. The summed E-state index contributed by atoms with van der Waals surface area (Å²) < 4.78 is 39.6. The van der Waals surface area contributed by atoms with Crippen molar-refractivity contribution in [2.75, 3.05) is 0 Å². The number of aromatic hydroxyl groups is 5. The molecule has 1 aliphatic rings. The molecule has 0 spiro atoms. The standard InChI is InChI=1S/C36H32N3O11P3/c40-27-16-4-9-21-32(27)46-52(47-33-22-10-5-17-28(33)41)37-51-38-53(48-34-23-11-6-18-29(34)42,49-35-24-12-7-19-30(35)43,50-36-25-13-8-20-31(36)44)39(52)45-26-14-2-1-3-15-26/h1-25,38,40-44,51H. The fourth-order valence-electron chi connectivity index (χ4n) is 4.95. The quantitative estimate of drug-likeness (QED) is 0.0647. The molecule has 0 aromatic heterocycles. The van der Waals surface area contributed by atoms with Crippen LogP contribution < -0.4 is 32.3 Å².